The minimum Gasteiger partial charge on any atom is -0.744 e. The SMILES string of the molecule is CCCCSN([O-])C(=O)N=O. The van der Waals surface area contributed by atoms with Crippen molar-refractivity contribution in [3.63, 3.8) is 0 Å². The summed E-state index contributed by atoms with van der Waals surface area (Å²) in [5.41, 5.74) is 0. The molecule has 0 saturated carbocycles. The van der Waals surface area contributed by atoms with E-state index < -0.39 is 6.03 Å². The molecule has 0 aromatic rings. The largest absolute Gasteiger partial charge is 0.744 e. The van der Waals surface area contributed by atoms with E-state index in [0.29, 0.717) is 5.75 Å². The first kappa shape index (κ1) is 10.4. The molecule has 0 aliphatic heterocycles. The lowest BCUT2D eigenvalue weighted by atomic mass is 10.4. The lowest BCUT2D eigenvalue weighted by molar-refractivity contribution is 0.242. The minimum absolute atomic E-state index is 0.00264. The molecule has 64 valence electrons. The Morgan fingerprint density at radius 2 is 2.36 bits per heavy atom. The van der Waals surface area contributed by atoms with E-state index in [2.05, 4.69) is 0 Å². The van der Waals surface area contributed by atoms with Crippen molar-refractivity contribution in [2.24, 2.45) is 5.18 Å². The van der Waals surface area contributed by atoms with Gasteiger partial charge in [0.1, 0.15) is 0 Å². The molecule has 0 aliphatic rings. The number of hydroxylamine groups is 1. The Morgan fingerprint density at radius 3 is 2.82 bits per heavy atom. The highest BCUT2D eigenvalue weighted by Crippen LogP contribution is 2.11. The van der Waals surface area contributed by atoms with Gasteiger partial charge in [0.15, 0.2) is 0 Å². The highest BCUT2D eigenvalue weighted by atomic mass is 32.2. The first-order chi connectivity index (χ1) is 5.22. The average molecular weight is 177 g/mol. The van der Waals surface area contributed by atoms with Crippen LogP contribution in [0, 0.1) is 10.1 Å². The van der Waals surface area contributed by atoms with Gasteiger partial charge < -0.3 is 9.68 Å². The Morgan fingerprint density at radius 1 is 1.73 bits per heavy atom. The Kier molecular flexibility index (Phi) is 5.77. The summed E-state index contributed by atoms with van der Waals surface area (Å²) in [7, 11) is 0. The van der Waals surface area contributed by atoms with Crippen molar-refractivity contribution >= 4 is 18.0 Å². The first-order valence-electron chi connectivity index (χ1n) is 3.19. The van der Waals surface area contributed by atoms with Crippen LogP contribution in [0.1, 0.15) is 19.8 Å². The number of hydrogen-bond donors (Lipinski definition) is 0. The molecule has 0 saturated heterocycles. The van der Waals surface area contributed by atoms with E-state index in [1.807, 2.05) is 12.1 Å². The molecule has 0 aliphatic carbocycles. The lowest BCUT2D eigenvalue weighted by Gasteiger charge is -2.21. The number of amides is 2. The number of unbranched alkanes of at least 4 members (excludes halogenated alkanes) is 1. The average Bonchev–Trinajstić information content (AvgIpc) is 2.03. The quantitative estimate of drug-likeness (QED) is 0.285. The summed E-state index contributed by atoms with van der Waals surface area (Å²) in [6.45, 7) is 1.97. The highest BCUT2D eigenvalue weighted by molar-refractivity contribution is 7.97. The van der Waals surface area contributed by atoms with Crippen LogP contribution in [0.3, 0.4) is 0 Å². The van der Waals surface area contributed by atoms with Crippen molar-refractivity contribution in [2.75, 3.05) is 5.75 Å². The molecule has 0 radical (unpaired) electrons. The zero-order valence-electron chi connectivity index (χ0n) is 6.15. The van der Waals surface area contributed by atoms with Gasteiger partial charge in [0.25, 0.3) is 0 Å². The van der Waals surface area contributed by atoms with Crippen LogP contribution < -0.4 is 0 Å². The molecule has 0 aromatic heterocycles. The molecule has 0 fully saturated rings. The van der Waals surface area contributed by atoms with E-state index in [4.69, 9.17) is 0 Å². The molecule has 0 heterocycles. The van der Waals surface area contributed by atoms with E-state index in [9.17, 15) is 14.9 Å². The molecule has 0 unspecified atom stereocenters. The van der Waals surface area contributed by atoms with Crippen LogP contribution in [0.2, 0.25) is 0 Å². The van der Waals surface area contributed by atoms with Gasteiger partial charge in [0.05, 0.1) is 0 Å². The lowest BCUT2D eigenvalue weighted by Crippen LogP contribution is -2.12. The molecular weight excluding hydrogens is 168 g/mol. The zero-order valence-corrected chi connectivity index (χ0v) is 6.97. The van der Waals surface area contributed by atoms with Crippen LogP contribution in [0.15, 0.2) is 5.18 Å². The third kappa shape index (κ3) is 4.74. The number of carbonyl (C=O) groups excluding carboxylic acids is 1. The molecule has 0 bridgehead atoms. The maximum absolute atomic E-state index is 10.5. The molecular formula is C5H9N2O3S-. The van der Waals surface area contributed by atoms with Gasteiger partial charge in [-0.1, -0.05) is 25.3 Å². The Labute approximate surface area is 68.8 Å². The fraction of sp³-hybridized carbons (Fsp3) is 0.800. The number of carbonyl (C=O) groups is 1. The smallest absolute Gasteiger partial charge is 0.380 e. The topological polar surface area (TPSA) is 72.8 Å². The fourth-order valence-electron chi connectivity index (χ4n) is 0.380. The van der Waals surface area contributed by atoms with E-state index in [1.165, 1.54) is 0 Å². The van der Waals surface area contributed by atoms with E-state index in [-0.39, 0.29) is 4.47 Å². The van der Waals surface area contributed by atoms with Crippen LogP contribution in [-0.4, -0.2) is 16.3 Å². The molecule has 11 heavy (non-hydrogen) atoms. The van der Waals surface area contributed by atoms with Crippen molar-refractivity contribution in [3.8, 4) is 0 Å². The summed E-state index contributed by atoms with van der Waals surface area (Å²) in [5.74, 6) is 0.543. The maximum Gasteiger partial charge on any atom is 0.380 e. The van der Waals surface area contributed by atoms with Crippen LogP contribution in [0.25, 0.3) is 0 Å². The molecule has 2 amide bonds. The van der Waals surface area contributed by atoms with Crippen LogP contribution >= 0.6 is 11.9 Å². The molecule has 0 aromatic carbocycles. The maximum atomic E-state index is 10.5. The van der Waals surface area contributed by atoms with Gasteiger partial charge in [-0.3, -0.25) is 0 Å². The molecule has 0 spiro atoms. The number of urea groups is 1. The minimum atomic E-state index is -1.27. The number of hydrogen-bond acceptors (Lipinski definition) is 4. The molecule has 0 N–H and O–H groups in total. The Balaban J connectivity index is 3.43. The summed E-state index contributed by atoms with van der Waals surface area (Å²) in [6.07, 6.45) is 1.79. The van der Waals surface area contributed by atoms with Crippen molar-refractivity contribution < 1.29 is 4.79 Å². The van der Waals surface area contributed by atoms with Gasteiger partial charge in [-0.25, -0.2) is 4.79 Å². The third-order valence-corrected chi connectivity index (χ3v) is 1.80. The highest BCUT2D eigenvalue weighted by Gasteiger charge is 2.01. The van der Waals surface area contributed by atoms with Crippen molar-refractivity contribution in [3.05, 3.63) is 10.1 Å². The second kappa shape index (κ2) is 6.11. The van der Waals surface area contributed by atoms with Gasteiger partial charge in [0.2, 0.25) is 0 Å². The second-order valence-electron chi connectivity index (χ2n) is 1.82. The Bertz CT molecular complexity index is 142. The summed E-state index contributed by atoms with van der Waals surface area (Å²) in [6, 6.07) is -1.27. The molecule has 5 nitrogen and oxygen atoms in total. The second-order valence-corrected chi connectivity index (χ2v) is 2.82. The molecule has 6 heteroatoms. The van der Waals surface area contributed by atoms with Crippen LogP contribution in [0.5, 0.6) is 0 Å². The standard InChI is InChI=1S/C5H9N2O3S/c1-2-3-4-11-7(10)5(8)6-9/h2-4H2,1H3/q-1. The van der Waals surface area contributed by atoms with Gasteiger partial charge in [0, 0.05) is 10.9 Å². The van der Waals surface area contributed by atoms with Crippen LogP contribution in [-0.2, 0) is 0 Å². The van der Waals surface area contributed by atoms with Crippen molar-refractivity contribution in [1.82, 2.24) is 4.47 Å². The van der Waals surface area contributed by atoms with E-state index in [0.717, 1.165) is 24.8 Å². The fourth-order valence-corrected chi connectivity index (χ4v) is 1.11. The van der Waals surface area contributed by atoms with Crippen molar-refractivity contribution in [2.45, 2.75) is 19.8 Å². The molecule has 0 atom stereocenters. The third-order valence-electron chi connectivity index (χ3n) is 0.941. The first-order valence-corrected chi connectivity index (χ1v) is 4.14. The normalized spacial score (nSPS) is 9.27. The summed E-state index contributed by atoms with van der Waals surface area (Å²) in [4.78, 5) is 19.7. The van der Waals surface area contributed by atoms with Crippen LogP contribution in [0.4, 0.5) is 4.79 Å². The van der Waals surface area contributed by atoms with Gasteiger partial charge >= 0.3 is 6.03 Å². The van der Waals surface area contributed by atoms with E-state index >= 15 is 0 Å². The predicted octanol–water partition coefficient (Wildman–Crippen LogP) is 2.12. The van der Waals surface area contributed by atoms with Gasteiger partial charge in [-0.2, -0.15) is 0 Å². The zero-order chi connectivity index (χ0) is 8.69. The Hall–Kier alpha value is -0.620. The summed E-state index contributed by atoms with van der Waals surface area (Å²) in [5, 5.41) is 12.5. The van der Waals surface area contributed by atoms with Crippen molar-refractivity contribution in [1.29, 1.82) is 0 Å². The van der Waals surface area contributed by atoms with E-state index in [1.54, 1.807) is 0 Å². The monoisotopic (exact) mass is 177 g/mol. The number of nitrogens with zero attached hydrogens (tertiary/aromatic N) is 2. The predicted molar refractivity (Wildman–Crippen MR) is 43.8 cm³/mol. The number of rotatable bonds is 4. The van der Waals surface area contributed by atoms with Gasteiger partial charge in [-0.05, 0) is 6.42 Å². The molecule has 0 rings (SSSR count). The summed E-state index contributed by atoms with van der Waals surface area (Å²) < 4.78 is 0.00264. The summed E-state index contributed by atoms with van der Waals surface area (Å²) >= 11 is 0.768. The number of nitroso groups, excluding NO2 is 1. The van der Waals surface area contributed by atoms with Gasteiger partial charge in [-0.15, -0.1) is 4.91 Å².